The van der Waals surface area contributed by atoms with Crippen LogP contribution in [0.15, 0.2) is 59.7 Å². The van der Waals surface area contributed by atoms with Gasteiger partial charge in [-0.1, -0.05) is 13.0 Å². The van der Waals surface area contributed by atoms with E-state index in [9.17, 15) is 32.9 Å². The minimum Gasteiger partial charge on any atom is -0.453 e. The number of rotatable bonds is 14. The summed E-state index contributed by atoms with van der Waals surface area (Å²) in [7, 11) is -2.66. The second kappa shape index (κ2) is 19.0. The molecule has 7 rings (SSSR count). The summed E-state index contributed by atoms with van der Waals surface area (Å²) < 4.78 is 66.1. The van der Waals surface area contributed by atoms with E-state index in [1.54, 1.807) is 25.1 Å². The molecule has 1 unspecified atom stereocenters. The normalized spacial score (nSPS) is 18.1. The smallest absolute Gasteiger partial charge is 0.301 e. The molecule has 3 saturated heterocycles. The molecule has 0 spiro atoms. The van der Waals surface area contributed by atoms with Crippen LogP contribution in [0.3, 0.4) is 0 Å². The van der Waals surface area contributed by atoms with E-state index in [1.165, 1.54) is 36.1 Å². The molecule has 3 aliphatic heterocycles. The van der Waals surface area contributed by atoms with Crippen LogP contribution in [-0.4, -0.2) is 102 Å². The van der Waals surface area contributed by atoms with Gasteiger partial charge in [-0.05, 0) is 111 Å². The molecule has 16 nitrogen and oxygen atoms in total. The van der Waals surface area contributed by atoms with Crippen molar-refractivity contribution in [3.8, 4) is 17.6 Å². The Morgan fingerprint density at radius 3 is 2.45 bits per heavy atom. The highest BCUT2D eigenvalue weighted by Crippen LogP contribution is 2.35. The first kappa shape index (κ1) is 44.1. The van der Waals surface area contributed by atoms with E-state index >= 15 is 8.78 Å². The van der Waals surface area contributed by atoms with Gasteiger partial charge in [-0.15, -0.1) is 0 Å². The maximum atomic E-state index is 15.2. The summed E-state index contributed by atoms with van der Waals surface area (Å²) in [6.07, 6.45) is 5.74. The first-order valence-corrected chi connectivity index (χ1v) is 22.2. The number of nitrogens with one attached hydrogen (secondary N) is 3. The molecule has 0 saturated carbocycles. The van der Waals surface area contributed by atoms with E-state index in [4.69, 9.17) is 4.74 Å². The monoisotopic (exact) mass is 873 g/mol. The average molecular weight is 874 g/mol. The van der Waals surface area contributed by atoms with Gasteiger partial charge < -0.3 is 15.0 Å². The molecule has 3 aromatic carbocycles. The topological polar surface area (TPSA) is 199 Å². The first-order valence-electron chi connectivity index (χ1n) is 20.8. The zero-order valence-corrected chi connectivity index (χ0v) is 35.3. The van der Waals surface area contributed by atoms with Crippen molar-refractivity contribution < 1.29 is 36.3 Å². The quantitative estimate of drug-likeness (QED) is 0.149. The number of aromatic nitrogens is 2. The Morgan fingerprint density at radius 2 is 1.76 bits per heavy atom. The van der Waals surface area contributed by atoms with Crippen LogP contribution in [0.2, 0.25) is 0 Å². The molecular weight excluding hydrogens is 825 g/mol. The van der Waals surface area contributed by atoms with Gasteiger partial charge in [0.25, 0.3) is 5.56 Å². The number of benzene rings is 3. The molecule has 4 heterocycles. The third-order valence-corrected chi connectivity index (χ3v) is 13.6. The van der Waals surface area contributed by atoms with E-state index in [-0.39, 0.29) is 70.4 Å². The molecule has 3 fully saturated rings. The Kier molecular flexibility index (Phi) is 13.5. The van der Waals surface area contributed by atoms with Gasteiger partial charge in [-0.2, -0.15) is 18.0 Å². The van der Waals surface area contributed by atoms with Crippen molar-refractivity contribution in [3.05, 3.63) is 88.0 Å². The van der Waals surface area contributed by atoms with Crippen molar-refractivity contribution in [3.63, 3.8) is 0 Å². The summed E-state index contributed by atoms with van der Waals surface area (Å²) in [5.74, 6) is -2.06. The van der Waals surface area contributed by atoms with E-state index < -0.39 is 33.7 Å². The van der Waals surface area contributed by atoms with Crippen molar-refractivity contribution >= 4 is 50.2 Å². The molecule has 0 aliphatic carbocycles. The third-order valence-electron chi connectivity index (χ3n) is 12.0. The van der Waals surface area contributed by atoms with Crippen LogP contribution in [0.5, 0.6) is 11.5 Å². The fourth-order valence-corrected chi connectivity index (χ4v) is 9.13. The Balaban J connectivity index is 0.886. The number of nitrogens with zero attached hydrogens (tertiary/aromatic N) is 6. The molecule has 1 atom stereocenters. The lowest BCUT2D eigenvalue weighted by Gasteiger charge is -2.36. The number of aryl methyl sites for hydroxylation is 1. The van der Waals surface area contributed by atoms with Crippen LogP contribution in [0.1, 0.15) is 68.9 Å². The number of nitriles is 1. The second-order valence-corrected chi connectivity index (χ2v) is 17.8. The number of carbonyl (C=O) groups excluding carboxylic acids is 3. The summed E-state index contributed by atoms with van der Waals surface area (Å²) in [4.78, 5) is 58.9. The highest BCUT2D eigenvalue weighted by atomic mass is 32.2. The zero-order valence-electron chi connectivity index (χ0n) is 34.5. The number of imide groups is 1. The Bertz CT molecular complexity index is 2570. The molecule has 0 radical (unpaired) electrons. The van der Waals surface area contributed by atoms with Crippen molar-refractivity contribution in [1.29, 1.82) is 5.26 Å². The third kappa shape index (κ3) is 10.0. The van der Waals surface area contributed by atoms with Gasteiger partial charge >= 0.3 is 10.2 Å². The second-order valence-electron chi connectivity index (χ2n) is 16.0. The molecule has 1 aromatic heterocycles. The molecule has 0 bridgehead atoms. The van der Waals surface area contributed by atoms with Crippen molar-refractivity contribution in [2.45, 2.75) is 70.4 Å². The van der Waals surface area contributed by atoms with Gasteiger partial charge in [0.2, 0.25) is 17.7 Å². The summed E-state index contributed by atoms with van der Waals surface area (Å²) >= 11 is 0. The van der Waals surface area contributed by atoms with Gasteiger partial charge in [0.15, 0.2) is 11.6 Å². The number of likely N-dealkylation sites (tertiary alicyclic amines) is 2. The van der Waals surface area contributed by atoms with E-state index in [0.717, 1.165) is 29.3 Å². The molecule has 3 aliphatic rings. The van der Waals surface area contributed by atoms with Crippen LogP contribution in [0, 0.1) is 28.9 Å². The standard InChI is InChI=1S/C43H49F2N9O7S/c1-3-51(2)62(59,60)50-37-9-7-34(44)41(33(37)24-46)61-30-5-8-36-32(23-30)43(58)54(26-47-36)21-14-27-12-19-53(20-13-27)40(56)25-52-17-15-28(16-18-52)31-6-4-29(22-35(31)45)48-38-10-11-39(55)49-42(38)57/h4-9,22-23,26-28,38,48,50H,3,10-21,25H2,1-2H3,(H,49,55,57). The molecule has 3 amide bonds. The van der Waals surface area contributed by atoms with Crippen LogP contribution >= 0.6 is 0 Å². The van der Waals surface area contributed by atoms with Crippen molar-refractivity contribution in [2.75, 3.05) is 56.4 Å². The number of anilines is 2. The summed E-state index contributed by atoms with van der Waals surface area (Å²) in [6, 6.07) is 12.7. The number of halogens is 2. The number of piperidine rings is 3. The van der Waals surface area contributed by atoms with E-state index in [2.05, 4.69) is 25.2 Å². The predicted octanol–water partition coefficient (Wildman–Crippen LogP) is 4.67. The zero-order chi connectivity index (χ0) is 44.1. The van der Waals surface area contributed by atoms with Gasteiger partial charge in [0.1, 0.15) is 29.2 Å². The molecule has 4 aromatic rings. The van der Waals surface area contributed by atoms with Gasteiger partial charge in [-0.25, -0.2) is 13.8 Å². The molecule has 3 N–H and O–H groups in total. The lowest BCUT2D eigenvalue weighted by atomic mass is 9.88. The number of carbonyl (C=O) groups is 3. The van der Waals surface area contributed by atoms with Gasteiger partial charge in [0, 0.05) is 45.3 Å². The Labute approximate surface area is 358 Å². The lowest BCUT2D eigenvalue weighted by Crippen LogP contribution is -2.47. The lowest BCUT2D eigenvalue weighted by molar-refractivity contribution is -0.135. The molecular formula is C43H49F2N9O7S. The van der Waals surface area contributed by atoms with Gasteiger partial charge in [-0.3, -0.25) is 38.7 Å². The maximum absolute atomic E-state index is 15.2. The molecule has 62 heavy (non-hydrogen) atoms. The fourth-order valence-electron chi connectivity index (χ4n) is 8.19. The SMILES string of the molecule is CCN(C)S(=O)(=O)Nc1ccc(F)c(Oc2ccc3ncn(CCC4CCN(C(=O)CN5CCC(c6ccc(NC7CCC(=O)NC7=O)cc6F)CC5)CC4)c(=O)c3c2)c1C#N. The largest absolute Gasteiger partial charge is 0.453 e. The molecule has 19 heteroatoms. The number of hydrogen-bond acceptors (Lipinski definition) is 11. The summed E-state index contributed by atoms with van der Waals surface area (Å²) in [5, 5.41) is 15.4. The van der Waals surface area contributed by atoms with Crippen LogP contribution in [-0.2, 0) is 31.1 Å². The number of hydrogen-bond donors (Lipinski definition) is 3. The molecule has 328 valence electrons. The van der Waals surface area contributed by atoms with Crippen LogP contribution < -0.4 is 25.7 Å². The Morgan fingerprint density at radius 1 is 1.00 bits per heavy atom. The Hall–Kier alpha value is -5.97. The minimum absolute atomic E-state index is 0.0120. The average Bonchev–Trinajstić information content (AvgIpc) is 3.26. The highest BCUT2D eigenvalue weighted by molar-refractivity contribution is 7.90. The van der Waals surface area contributed by atoms with Crippen LogP contribution in [0.4, 0.5) is 20.2 Å². The number of fused-ring (bicyclic) bond motifs is 1. The predicted molar refractivity (Wildman–Crippen MR) is 227 cm³/mol. The van der Waals surface area contributed by atoms with E-state index in [0.29, 0.717) is 81.7 Å². The fraction of sp³-hybridized carbons (Fsp3) is 0.442. The number of amides is 3. The van der Waals surface area contributed by atoms with Crippen LogP contribution in [0.25, 0.3) is 10.9 Å². The van der Waals surface area contributed by atoms with Crippen molar-refractivity contribution in [2.24, 2.45) is 5.92 Å². The van der Waals surface area contributed by atoms with Crippen molar-refractivity contribution in [1.82, 2.24) is 29.0 Å². The summed E-state index contributed by atoms with van der Waals surface area (Å²) in [5.41, 5.74) is 0.630. The maximum Gasteiger partial charge on any atom is 0.301 e. The first-order chi connectivity index (χ1) is 29.7. The van der Waals surface area contributed by atoms with Gasteiger partial charge in [0.05, 0.1) is 29.5 Å². The van der Waals surface area contributed by atoms with E-state index in [1.807, 2.05) is 11.0 Å². The summed E-state index contributed by atoms with van der Waals surface area (Å²) in [6.45, 7) is 5.02. The minimum atomic E-state index is -4.02. The number of ether oxygens (including phenoxy) is 1. The highest BCUT2D eigenvalue weighted by Gasteiger charge is 2.30.